The Morgan fingerprint density at radius 2 is 1.90 bits per heavy atom. The predicted octanol–water partition coefficient (Wildman–Crippen LogP) is 2.65. The molecular weight excluding hydrogens is 268 g/mol. The summed E-state index contributed by atoms with van der Waals surface area (Å²) in [6, 6.07) is 7.71. The van der Waals surface area contributed by atoms with Gasteiger partial charge in [-0.15, -0.1) is 0 Å². The summed E-state index contributed by atoms with van der Waals surface area (Å²) >= 11 is 0. The number of nitrogens with one attached hydrogen (secondary N) is 1. The molecule has 0 unspecified atom stereocenters. The van der Waals surface area contributed by atoms with Crippen molar-refractivity contribution in [3.05, 3.63) is 36.0 Å². The number of carboxylic acid groups (broad SMARTS) is 1. The Labute approximate surface area is 122 Å². The quantitative estimate of drug-likeness (QED) is 0.808. The molecule has 0 radical (unpaired) electrons. The highest BCUT2D eigenvalue weighted by molar-refractivity contribution is 6.04. The van der Waals surface area contributed by atoms with E-state index >= 15 is 0 Å². The number of fused-ring (bicyclic) bond motifs is 1. The molecule has 1 aliphatic carbocycles. The standard InChI is InChI=1S/C16H18N2O3/c19-11-7-5-10(6-8-11)18-15-12-3-1-2-4-14(12)17-9-13(15)16(20)21/h1-4,9-11,19H,5-8H2,(H,17,18)(H,20,21). The van der Waals surface area contributed by atoms with Crippen LogP contribution in [-0.2, 0) is 0 Å². The zero-order chi connectivity index (χ0) is 14.8. The first-order chi connectivity index (χ1) is 10.1. The van der Waals surface area contributed by atoms with Crippen molar-refractivity contribution in [1.82, 2.24) is 4.98 Å². The van der Waals surface area contributed by atoms with Gasteiger partial charge in [0.2, 0.25) is 0 Å². The summed E-state index contributed by atoms with van der Waals surface area (Å²) in [7, 11) is 0. The number of hydrogen-bond donors (Lipinski definition) is 3. The average molecular weight is 286 g/mol. The maximum absolute atomic E-state index is 11.4. The highest BCUT2D eigenvalue weighted by Crippen LogP contribution is 2.29. The van der Waals surface area contributed by atoms with Crippen LogP contribution in [0, 0.1) is 0 Å². The van der Waals surface area contributed by atoms with Crippen LogP contribution in [0.4, 0.5) is 5.69 Å². The second-order valence-electron chi connectivity index (χ2n) is 5.52. The molecule has 1 aliphatic rings. The minimum atomic E-state index is -0.980. The number of nitrogens with zero attached hydrogens (tertiary/aromatic N) is 1. The molecule has 1 saturated carbocycles. The van der Waals surface area contributed by atoms with Crippen molar-refractivity contribution in [3.63, 3.8) is 0 Å². The van der Waals surface area contributed by atoms with Crippen molar-refractivity contribution in [2.24, 2.45) is 0 Å². The van der Waals surface area contributed by atoms with Crippen LogP contribution in [0.15, 0.2) is 30.5 Å². The number of benzene rings is 1. The molecule has 2 aromatic rings. The molecule has 1 aromatic carbocycles. The summed E-state index contributed by atoms with van der Waals surface area (Å²) in [6.07, 6.45) is 4.38. The van der Waals surface area contributed by atoms with Gasteiger partial charge in [0, 0.05) is 17.6 Å². The van der Waals surface area contributed by atoms with E-state index in [-0.39, 0.29) is 17.7 Å². The highest BCUT2D eigenvalue weighted by atomic mass is 16.4. The van der Waals surface area contributed by atoms with Gasteiger partial charge >= 0.3 is 5.97 Å². The van der Waals surface area contributed by atoms with Crippen LogP contribution in [-0.4, -0.2) is 33.3 Å². The van der Waals surface area contributed by atoms with E-state index in [4.69, 9.17) is 0 Å². The van der Waals surface area contributed by atoms with E-state index < -0.39 is 5.97 Å². The SMILES string of the molecule is O=C(O)c1cnc2ccccc2c1NC1CCC(O)CC1. The number of anilines is 1. The van der Waals surface area contributed by atoms with Crippen molar-refractivity contribution >= 4 is 22.6 Å². The van der Waals surface area contributed by atoms with Gasteiger partial charge in [0.25, 0.3) is 0 Å². The summed E-state index contributed by atoms with van der Waals surface area (Å²) in [4.78, 5) is 15.6. The maximum Gasteiger partial charge on any atom is 0.339 e. The highest BCUT2D eigenvalue weighted by Gasteiger charge is 2.22. The predicted molar refractivity (Wildman–Crippen MR) is 80.6 cm³/mol. The van der Waals surface area contributed by atoms with Crippen molar-refractivity contribution in [2.75, 3.05) is 5.32 Å². The van der Waals surface area contributed by atoms with Gasteiger partial charge in [0.05, 0.1) is 17.3 Å². The van der Waals surface area contributed by atoms with Gasteiger partial charge in [-0.25, -0.2) is 4.79 Å². The molecule has 0 spiro atoms. The first-order valence-electron chi connectivity index (χ1n) is 7.21. The summed E-state index contributed by atoms with van der Waals surface area (Å²) in [5.41, 5.74) is 1.61. The molecule has 0 amide bonds. The Morgan fingerprint density at radius 1 is 1.19 bits per heavy atom. The van der Waals surface area contributed by atoms with Gasteiger partial charge in [0.1, 0.15) is 5.56 Å². The molecule has 110 valence electrons. The van der Waals surface area contributed by atoms with Gasteiger partial charge in [-0.05, 0) is 31.7 Å². The lowest BCUT2D eigenvalue weighted by molar-refractivity contribution is 0.0697. The Morgan fingerprint density at radius 3 is 2.62 bits per heavy atom. The maximum atomic E-state index is 11.4. The van der Waals surface area contributed by atoms with Gasteiger partial charge in [0.15, 0.2) is 0 Å². The second-order valence-corrected chi connectivity index (χ2v) is 5.52. The van der Waals surface area contributed by atoms with Crippen LogP contribution in [0.5, 0.6) is 0 Å². The lowest BCUT2D eigenvalue weighted by atomic mass is 9.92. The Kier molecular flexibility index (Phi) is 3.75. The fraction of sp³-hybridized carbons (Fsp3) is 0.375. The number of aliphatic hydroxyl groups excluding tert-OH is 1. The summed E-state index contributed by atoms with van der Waals surface area (Å²) < 4.78 is 0. The van der Waals surface area contributed by atoms with Crippen LogP contribution in [0.1, 0.15) is 36.0 Å². The molecular formula is C16H18N2O3. The van der Waals surface area contributed by atoms with E-state index in [9.17, 15) is 15.0 Å². The molecule has 0 saturated heterocycles. The van der Waals surface area contributed by atoms with E-state index in [1.807, 2.05) is 24.3 Å². The van der Waals surface area contributed by atoms with Gasteiger partial charge in [-0.2, -0.15) is 0 Å². The number of carboxylic acids is 1. The third-order valence-corrected chi connectivity index (χ3v) is 4.05. The first-order valence-corrected chi connectivity index (χ1v) is 7.21. The molecule has 0 aliphatic heterocycles. The molecule has 0 bridgehead atoms. The van der Waals surface area contributed by atoms with Crippen LogP contribution >= 0.6 is 0 Å². The zero-order valence-corrected chi connectivity index (χ0v) is 11.6. The monoisotopic (exact) mass is 286 g/mol. The number of hydrogen-bond acceptors (Lipinski definition) is 4. The molecule has 0 atom stereocenters. The summed E-state index contributed by atoms with van der Waals surface area (Å²) in [5.74, 6) is -0.980. The fourth-order valence-electron chi connectivity index (χ4n) is 2.88. The molecule has 1 aromatic heterocycles. The summed E-state index contributed by atoms with van der Waals surface area (Å²) in [5, 5.41) is 23.1. The molecule has 1 fully saturated rings. The molecule has 3 rings (SSSR count). The smallest absolute Gasteiger partial charge is 0.339 e. The number of aromatic carboxylic acids is 1. The third-order valence-electron chi connectivity index (χ3n) is 4.05. The normalized spacial score (nSPS) is 22.1. The Bertz CT molecular complexity index is 664. The van der Waals surface area contributed by atoms with E-state index in [1.165, 1.54) is 6.20 Å². The van der Waals surface area contributed by atoms with Crippen molar-refractivity contribution in [1.29, 1.82) is 0 Å². The zero-order valence-electron chi connectivity index (χ0n) is 11.6. The molecule has 21 heavy (non-hydrogen) atoms. The van der Waals surface area contributed by atoms with Crippen molar-refractivity contribution in [3.8, 4) is 0 Å². The van der Waals surface area contributed by atoms with Gasteiger partial charge in [-0.3, -0.25) is 4.98 Å². The van der Waals surface area contributed by atoms with E-state index in [1.54, 1.807) is 0 Å². The van der Waals surface area contributed by atoms with Crippen LogP contribution in [0.25, 0.3) is 10.9 Å². The molecule has 5 heteroatoms. The van der Waals surface area contributed by atoms with Gasteiger partial charge < -0.3 is 15.5 Å². The first kappa shape index (κ1) is 13.8. The van der Waals surface area contributed by atoms with E-state index in [0.29, 0.717) is 5.69 Å². The second kappa shape index (κ2) is 5.69. The fourth-order valence-corrected chi connectivity index (χ4v) is 2.88. The molecule has 5 nitrogen and oxygen atoms in total. The number of carbonyl (C=O) groups is 1. The average Bonchev–Trinajstić information content (AvgIpc) is 2.49. The Balaban J connectivity index is 1.98. The minimum Gasteiger partial charge on any atom is -0.478 e. The Hall–Kier alpha value is -2.14. The summed E-state index contributed by atoms with van der Waals surface area (Å²) in [6.45, 7) is 0. The lowest BCUT2D eigenvalue weighted by Crippen LogP contribution is -2.29. The van der Waals surface area contributed by atoms with Crippen molar-refractivity contribution < 1.29 is 15.0 Å². The van der Waals surface area contributed by atoms with Crippen LogP contribution < -0.4 is 5.32 Å². The van der Waals surface area contributed by atoms with Gasteiger partial charge in [-0.1, -0.05) is 18.2 Å². The largest absolute Gasteiger partial charge is 0.478 e. The molecule has 3 N–H and O–H groups in total. The van der Waals surface area contributed by atoms with Crippen molar-refractivity contribution in [2.45, 2.75) is 37.8 Å². The minimum absolute atomic E-state index is 0.192. The van der Waals surface area contributed by atoms with E-state index in [0.717, 1.165) is 36.6 Å². The van der Waals surface area contributed by atoms with E-state index in [2.05, 4.69) is 10.3 Å². The van der Waals surface area contributed by atoms with Crippen LogP contribution in [0.2, 0.25) is 0 Å². The molecule has 1 heterocycles. The topological polar surface area (TPSA) is 82.5 Å². The van der Waals surface area contributed by atoms with Crippen LogP contribution in [0.3, 0.4) is 0 Å². The number of para-hydroxylation sites is 1. The number of aromatic nitrogens is 1. The lowest BCUT2D eigenvalue weighted by Gasteiger charge is -2.28. The number of pyridine rings is 1. The third kappa shape index (κ3) is 2.83. The number of rotatable bonds is 3. The number of aliphatic hydroxyl groups is 1.